The van der Waals surface area contributed by atoms with Crippen LogP contribution in [0, 0.1) is 0 Å². The third-order valence-electron chi connectivity index (χ3n) is 4.71. The normalized spacial score (nSPS) is 11.0. The smallest absolute Gasteiger partial charge is 0.271 e. The Morgan fingerprint density at radius 2 is 1.77 bits per heavy atom. The van der Waals surface area contributed by atoms with Crippen molar-refractivity contribution in [1.29, 1.82) is 0 Å². The molecular weight excluding hydrogens is 476 g/mol. The minimum absolute atomic E-state index is 0.304. The summed E-state index contributed by atoms with van der Waals surface area (Å²) in [6.07, 6.45) is 1.58. The Hall–Kier alpha value is -3.15. The number of amides is 1. The molecule has 4 nitrogen and oxygen atoms in total. The van der Waals surface area contributed by atoms with E-state index >= 15 is 0 Å². The molecule has 0 aliphatic carbocycles. The third-order valence-corrected chi connectivity index (χ3v) is 5.58. The van der Waals surface area contributed by atoms with Crippen LogP contribution >= 0.6 is 27.5 Å². The highest BCUT2D eigenvalue weighted by Gasteiger charge is 2.06. The van der Waals surface area contributed by atoms with E-state index in [0.717, 1.165) is 21.3 Å². The van der Waals surface area contributed by atoms with Gasteiger partial charge in [-0.3, -0.25) is 4.79 Å². The molecule has 1 N–H and O–H groups in total. The van der Waals surface area contributed by atoms with E-state index in [1.54, 1.807) is 30.5 Å². The summed E-state index contributed by atoms with van der Waals surface area (Å²) >= 11 is 9.38. The van der Waals surface area contributed by atoms with Gasteiger partial charge in [0.05, 0.1) is 10.7 Å². The van der Waals surface area contributed by atoms with E-state index in [2.05, 4.69) is 50.7 Å². The summed E-state index contributed by atoms with van der Waals surface area (Å²) in [5.41, 5.74) is 4.94. The van der Waals surface area contributed by atoms with Gasteiger partial charge in [0, 0.05) is 10.6 Å². The molecule has 0 saturated heterocycles. The molecule has 0 aliphatic rings. The molecule has 4 aromatic rings. The summed E-state index contributed by atoms with van der Waals surface area (Å²) in [6.45, 7) is 0.463. The first-order valence-corrected chi connectivity index (χ1v) is 10.8. The van der Waals surface area contributed by atoms with Crippen LogP contribution in [0.4, 0.5) is 0 Å². The topological polar surface area (TPSA) is 50.7 Å². The number of nitrogens with zero attached hydrogens (tertiary/aromatic N) is 1. The van der Waals surface area contributed by atoms with Crippen molar-refractivity contribution in [2.45, 2.75) is 6.61 Å². The zero-order valence-electron chi connectivity index (χ0n) is 16.4. The maximum atomic E-state index is 12.1. The van der Waals surface area contributed by atoms with Crippen LogP contribution in [0.25, 0.3) is 10.8 Å². The number of carbonyl (C=O) groups is 1. The predicted octanol–water partition coefficient (Wildman–Crippen LogP) is 6.60. The second-order valence-corrected chi connectivity index (χ2v) is 8.11. The van der Waals surface area contributed by atoms with Gasteiger partial charge in [-0.1, -0.05) is 54.1 Å². The Labute approximate surface area is 193 Å². The van der Waals surface area contributed by atoms with Crippen molar-refractivity contribution in [3.05, 3.63) is 111 Å². The molecule has 1 amide bonds. The Bertz CT molecular complexity index is 1250. The molecule has 4 rings (SSSR count). The molecule has 4 aromatic carbocycles. The molecule has 6 heteroatoms. The number of carbonyl (C=O) groups excluding carboxylic acids is 1. The van der Waals surface area contributed by atoms with Gasteiger partial charge in [0.2, 0.25) is 0 Å². The number of benzene rings is 4. The molecule has 0 radical (unpaired) electrons. The summed E-state index contributed by atoms with van der Waals surface area (Å²) in [7, 11) is 0. The SMILES string of the molecule is O=C(N/N=C\c1ccc(OCc2cccc3ccccc23)c(Br)c1)c1ccc(Cl)cc1. The molecule has 0 unspecified atom stereocenters. The van der Waals surface area contributed by atoms with Gasteiger partial charge < -0.3 is 4.74 Å². The highest BCUT2D eigenvalue weighted by atomic mass is 79.9. The summed E-state index contributed by atoms with van der Waals surface area (Å²) in [5, 5.41) is 6.97. The molecule has 0 saturated carbocycles. The predicted molar refractivity (Wildman–Crippen MR) is 129 cm³/mol. The summed E-state index contributed by atoms with van der Waals surface area (Å²) < 4.78 is 6.83. The first-order chi connectivity index (χ1) is 15.1. The monoisotopic (exact) mass is 492 g/mol. The lowest BCUT2D eigenvalue weighted by atomic mass is 10.1. The number of halogens is 2. The van der Waals surface area contributed by atoms with Gasteiger partial charge in [-0.25, -0.2) is 5.43 Å². The number of rotatable bonds is 6. The van der Waals surface area contributed by atoms with Gasteiger partial charge in [-0.2, -0.15) is 5.10 Å². The molecule has 0 atom stereocenters. The first kappa shape index (κ1) is 21.1. The molecule has 0 fully saturated rings. The maximum absolute atomic E-state index is 12.1. The molecule has 0 aromatic heterocycles. The van der Waals surface area contributed by atoms with Gasteiger partial charge in [-0.15, -0.1) is 0 Å². The molecule has 0 heterocycles. The number of hydrazone groups is 1. The van der Waals surface area contributed by atoms with Crippen molar-refractivity contribution in [3.63, 3.8) is 0 Å². The van der Waals surface area contributed by atoms with Gasteiger partial charge >= 0.3 is 0 Å². The van der Waals surface area contributed by atoms with Crippen molar-refractivity contribution in [1.82, 2.24) is 5.43 Å². The van der Waals surface area contributed by atoms with Crippen LogP contribution in [0.1, 0.15) is 21.5 Å². The van der Waals surface area contributed by atoms with Crippen LogP contribution in [0.5, 0.6) is 5.75 Å². The second-order valence-electron chi connectivity index (χ2n) is 6.82. The van der Waals surface area contributed by atoms with E-state index in [1.165, 1.54) is 10.8 Å². The fourth-order valence-corrected chi connectivity index (χ4v) is 3.76. The Balaban J connectivity index is 1.39. The van der Waals surface area contributed by atoms with Crippen molar-refractivity contribution in [2.75, 3.05) is 0 Å². The van der Waals surface area contributed by atoms with E-state index in [9.17, 15) is 4.79 Å². The number of hydrogen-bond acceptors (Lipinski definition) is 3. The lowest BCUT2D eigenvalue weighted by Crippen LogP contribution is -2.17. The van der Waals surface area contributed by atoms with Crippen LogP contribution in [-0.2, 0) is 6.61 Å². The van der Waals surface area contributed by atoms with Gasteiger partial charge in [0.15, 0.2) is 0 Å². The fraction of sp³-hybridized carbons (Fsp3) is 0.0400. The Morgan fingerprint density at radius 3 is 2.58 bits per heavy atom. The lowest BCUT2D eigenvalue weighted by molar-refractivity contribution is 0.0955. The summed E-state index contributed by atoms with van der Waals surface area (Å²) in [5.74, 6) is 0.428. The molecular formula is C25H18BrClN2O2. The minimum atomic E-state index is -0.304. The Kier molecular flexibility index (Phi) is 6.65. The number of hydrogen-bond donors (Lipinski definition) is 1. The number of ether oxygens (including phenoxy) is 1. The first-order valence-electron chi connectivity index (χ1n) is 9.58. The van der Waals surface area contributed by atoms with Crippen LogP contribution in [0.15, 0.2) is 94.5 Å². The second kappa shape index (κ2) is 9.77. The van der Waals surface area contributed by atoms with Crippen LogP contribution in [0.2, 0.25) is 5.02 Å². The third kappa shape index (κ3) is 5.32. The highest BCUT2D eigenvalue weighted by Crippen LogP contribution is 2.27. The number of nitrogens with one attached hydrogen (secondary N) is 1. The molecule has 0 bridgehead atoms. The largest absolute Gasteiger partial charge is 0.488 e. The van der Waals surface area contributed by atoms with E-state index in [-0.39, 0.29) is 5.91 Å². The zero-order chi connectivity index (χ0) is 21.6. The van der Waals surface area contributed by atoms with E-state index < -0.39 is 0 Å². The van der Waals surface area contributed by atoms with Gasteiger partial charge in [-0.05, 0) is 80.3 Å². The molecule has 31 heavy (non-hydrogen) atoms. The molecule has 0 aliphatic heterocycles. The zero-order valence-corrected chi connectivity index (χ0v) is 18.7. The van der Waals surface area contributed by atoms with Crippen LogP contribution in [-0.4, -0.2) is 12.1 Å². The minimum Gasteiger partial charge on any atom is -0.488 e. The number of fused-ring (bicyclic) bond motifs is 1. The Morgan fingerprint density at radius 1 is 1.00 bits per heavy atom. The average Bonchev–Trinajstić information content (AvgIpc) is 2.79. The molecule has 154 valence electrons. The van der Waals surface area contributed by atoms with Gasteiger partial charge in [0.25, 0.3) is 5.91 Å². The standard InChI is InChI=1S/C25H18BrClN2O2/c26-23-14-17(15-28-29-25(30)19-9-11-21(27)12-10-19)8-13-24(23)31-16-20-6-3-5-18-4-1-2-7-22(18)20/h1-15H,16H2,(H,29,30)/b28-15-. The lowest BCUT2D eigenvalue weighted by Gasteiger charge is -2.11. The van der Waals surface area contributed by atoms with Crippen molar-refractivity contribution in [3.8, 4) is 5.75 Å². The summed E-state index contributed by atoms with van der Waals surface area (Å²) in [4.78, 5) is 12.1. The van der Waals surface area contributed by atoms with E-state index in [4.69, 9.17) is 16.3 Å². The average molecular weight is 494 g/mol. The maximum Gasteiger partial charge on any atom is 0.271 e. The summed E-state index contributed by atoms with van der Waals surface area (Å²) in [6, 6.07) is 26.7. The van der Waals surface area contributed by atoms with Gasteiger partial charge in [0.1, 0.15) is 12.4 Å². The van der Waals surface area contributed by atoms with Crippen LogP contribution in [0.3, 0.4) is 0 Å². The highest BCUT2D eigenvalue weighted by molar-refractivity contribution is 9.10. The van der Waals surface area contributed by atoms with Crippen molar-refractivity contribution in [2.24, 2.45) is 5.10 Å². The van der Waals surface area contributed by atoms with Crippen molar-refractivity contribution >= 4 is 50.4 Å². The van der Waals surface area contributed by atoms with Crippen LogP contribution < -0.4 is 10.2 Å². The van der Waals surface area contributed by atoms with Crippen molar-refractivity contribution < 1.29 is 9.53 Å². The van der Waals surface area contributed by atoms with E-state index in [0.29, 0.717) is 17.2 Å². The fourth-order valence-electron chi connectivity index (χ4n) is 3.12. The molecule has 0 spiro atoms. The quantitative estimate of drug-likeness (QED) is 0.243. The van der Waals surface area contributed by atoms with E-state index in [1.807, 2.05) is 36.4 Å².